The van der Waals surface area contributed by atoms with Gasteiger partial charge in [0.25, 0.3) is 0 Å². The van der Waals surface area contributed by atoms with Crippen molar-refractivity contribution in [1.82, 2.24) is 0 Å². The molecule has 1 aromatic carbocycles. The van der Waals surface area contributed by atoms with E-state index in [0.29, 0.717) is 0 Å². The van der Waals surface area contributed by atoms with Crippen molar-refractivity contribution in [1.29, 1.82) is 0 Å². The maximum Gasteiger partial charge on any atom is 0.122 e. The summed E-state index contributed by atoms with van der Waals surface area (Å²) in [6.45, 7) is 8.19. The van der Waals surface area contributed by atoms with Crippen molar-refractivity contribution in [2.45, 2.75) is 33.6 Å². The second-order valence-corrected chi connectivity index (χ2v) is 5.43. The number of aryl methyl sites for hydroxylation is 1. The topological polar surface area (TPSA) is 47.3 Å². The van der Waals surface area contributed by atoms with E-state index in [4.69, 9.17) is 10.5 Å². The van der Waals surface area contributed by atoms with Crippen LogP contribution in [0.25, 0.3) is 0 Å². The van der Waals surface area contributed by atoms with Gasteiger partial charge in [-0.25, -0.2) is 0 Å². The maximum atomic E-state index is 5.72. The second kappa shape index (κ2) is 6.64. The molecule has 0 unspecified atom stereocenters. The van der Waals surface area contributed by atoms with E-state index in [-0.39, 0.29) is 5.41 Å². The Hall–Kier alpha value is -1.22. The van der Waals surface area contributed by atoms with E-state index in [1.165, 1.54) is 5.56 Å². The molecule has 0 aliphatic rings. The fourth-order valence-electron chi connectivity index (χ4n) is 1.81. The number of methoxy groups -OCH3 is 1. The summed E-state index contributed by atoms with van der Waals surface area (Å²) in [5.41, 5.74) is 8.32. The van der Waals surface area contributed by atoms with E-state index in [1.54, 1.807) is 7.11 Å². The Balaban J connectivity index is 2.58. The zero-order chi connectivity index (χ0) is 13.6. The summed E-state index contributed by atoms with van der Waals surface area (Å²) in [4.78, 5) is 0. The van der Waals surface area contributed by atoms with Crippen molar-refractivity contribution < 1.29 is 4.74 Å². The van der Waals surface area contributed by atoms with Gasteiger partial charge in [-0.1, -0.05) is 20.8 Å². The van der Waals surface area contributed by atoms with E-state index in [0.717, 1.165) is 37.4 Å². The summed E-state index contributed by atoms with van der Waals surface area (Å²) in [5, 5.41) is 3.45. The van der Waals surface area contributed by atoms with Gasteiger partial charge in [-0.3, -0.25) is 0 Å². The van der Waals surface area contributed by atoms with Crippen LogP contribution in [0.15, 0.2) is 18.2 Å². The second-order valence-electron chi connectivity index (χ2n) is 5.43. The predicted octanol–water partition coefficient (Wildman–Crippen LogP) is 3.04. The normalized spacial score (nSPS) is 11.4. The molecule has 18 heavy (non-hydrogen) atoms. The van der Waals surface area contributed by atoms with Crippen LogP contribution in [-0.4, -0.2) is 20.2 Å². The van der Waals surface area contributed by atoms with Crippen molar-refractivity contribution in [3.63, 3.8) is 0 Å². The van der Waals surface area contributed by atoms with Crippen molar-refractivity contribution in [2.24, 2.45) is 11.1 Å². The number of nitrogens with two attached hydrogens (primary N) is 1. The van der Waals surface area contributed by atoms with E-state index < -0.39 is 0 Å². The molecule has 0 aliphatic heterocycles. The van der Waals surface area contributed by atoms with Crippen LogP contribution in [0.5, 0.6) is 5.75 Å². The molecule has 0 saturated carbocycles. The minimum atomic E-state index is 0.201. The fraction of sp³-hybridized carbons (Fsp3) is 0.600. The van der Waals surface area contributed by atoms with Gasteiger partial charge in [-0.15, -0.1) is 0 Å². The lowest BCUT2D eigenvalue weighted by Crippen LogP contribution is -2.26. The standard InChI is InChI=1S/C15H26N2O/c1-5-12-10-13(6-7-14(12)18-4)17-9-8-15(2,3)11-16/h6-7,10,17H,5,8-9,11,16H2,1-4H3. The number of rotatable bonds is 7. The Kier molecular flexibility index (Phi) is 5.48. The first-order valence-corrected chi connectivity index (χ1v) is 6.63. The molecule has 0 spiro atoms. The highest BCUT2D eigenvalue weighted by Gasteiger charge is 2.14. The Morgan fingerprint density at radius 1 is 1.33 bits per heavy atom. The van der Waals surface area contributed by atoms with Crippen LogP contribution in [-0.2, 0) is 6.42 Å². The van der Waals surface area contributed by atoms with Crippen LogP contribution >= 0.6 is 0 Å². The molecule has 3 heteroatoms. The molecule has 0 atom stereocenters. The van der Waals surface area contributed by atoms with Crippen LogP contribution in [0.4, 0.5) is 5.69 Å². The zero-order valence-corrected chi connectivity index (χ0v) is 12.0. The highest BCUT2D eigenvalue weighted by atomic mass is 16.5. The molecule has 3 nitrogen and oxygen atoms in total. The first-order valence-electron chi connectivity index (χ1n) is 6.63. The molecule has 0 fully saturated rings. The van der Waals surface area contributed by atoms with Gasteiger partial charge in [0.05, 0.1) is 7.11 Å². The fourth-order valence-corrected chi connectivity index (χ4v) is 1.81. The molecule has 0 heterocycles. The molecule has 102 valence electrons. The zero-order valence-electron chi connectivity index (χ0n) is 12.0. The highest BCUT2D eigenvalue weighted by Crippen LogP contribution is 2.24. The maximum absolute atomic E-state index is 5.72. The molecule has 0 radical (unpaired) electrons. The Morgan fingerprint density at radius 2 is 2.06 bits per heavy atom. The molecule has 0 amide bonds. The number of ether oxygens (including phenoxy) is 1. The predicted molar refractivity (Wildman–Crippen MR) is 78.3 cm³/mol. The van der Waals surface area contributed by atoms with Gasteiger partial charge >= 0.3 is 0 Å². The van der Waals surface area contributed by atoms with Crippen molar-refractivity contribution >= 4 is 5.69 Å². The van der Waals surface area contributed by atoms with Crippen LogP contribution in [0.1, 0.15) is 32.8 Å². The summed E-state index contributed by atoms with van der Waals surface area (Å²) < 4.78 is 5.32. The molecule has 0 aliphatic carbocycles. The van der Waals surface area contributed by atoms with Crippen molar-refractivity contribution in [3.05, 3.63) is 23.8 Å². The van der Waals surface area contributed by atoms with Crippen LogP contribution in [0.2, 0.25) is 0 Å². The summed E-state index contributed by atoms with van der Waals surface area (Å²) in [7, 11) is 1.71. The lowest BCUT2D eigenvalue weighted by molar-refractivity contribution is 0.358. The molecule has 0 saturated heterocycles. The summed E-state index contributed by atoms with van der Waals surface area (Å²) in [6, 6.07) is 6.25. The van der Waals surface area contributed by atoms with E-state index >= 15 is 0 Å². The summed E-state index contributed by atoms with van der Waals surface area (Å²) in [6.07, 6.45) is 2.05. The van der Waals surface area contributed by atoms with Gasteiger partial charge in [0.2, 0.25) is 0 Å². The first-order chi connectivity index (χ1) is 8.52. The molecule has 1 rings (SSSR count). The van der Waals surface area contributed by atoms with Gasteiger partial charge in [0, 0.05) is 12.2 Å². The molecule has 3 N–H and O–H groups in total. The number of benzene rings is 1. The molecular weight excluding hydrogens is 224 g/mol. The molecule has 1 aromatic rings. The Labute approximate surface area is 111 Å². The first kappa shape index (κ1) is 14.8. The monoisotopic (exact) mass is 250 g/mol. The van der Waals surface area contributed by atoms with E-state index in [2.05, 4.69) is 38.2 Å². The molecule has 0 bridgehead atoms. The highest BCUT2D eigenvalue weighted by molar-refractivity contribution is 5.51. The average Bonchev–Trinajstić information content (AvgIpc) is 2.38. The van der Waals surface area contributed by atoms with Gasteiger partial charge in [-0.2, -0.15) is 0 Å². The molecule has 0 aromatic heterocycles. The summed E-state index contributed by atoms with van der Waals surface area (Å²) >= 11 is 0. The Bertz CT molecular complexity index is 375. The van der Waals surface area contributed by atoms with Gasteiger partial charge in [0.15, 0.2) is 0 Å². The quantitative estimate of drug-likeness (QED) is 0.782. The lowest BCUT2D eigenvalue weighted by atomic mass is 9.90. The third-order valence-electron chi connectivity index (χ3n) is 3.34. The summed E-state index contributed by atoms with van der Waals surface area (Å²) in [5.74, 6) is 0.963. The smallest absolute Gasteiger partial charge is 0.122 e. The number of hydrogen-bond donors (Lipinski definition) is 2. The largest absolute Gasteiger partial charge is 0.496 e. The number of nitrogens with one attached hydrogen (secondary N) is 1. The minimum Gasteiger partial charge on any atom is -0.496 e. The van der Waals surface area contributed by atoms with Crippen molar-refractivity contribution in [3.8, 4) is 5.75 Å². The Morgan fingerprint density at radius 3 is 2.61 bits per heavy atom. The lowest BCUT2D eigenvalue weighted by Gasteiger charge is -2.22. The van der Waals surface area contributed by atoms with Crippen LogP contribution in [0, 0.1) is 5.41 Å². The third kappa shape index (κ3) is 4.22. The van der Waals surface area contributed by atoms with E-state index in [1.807, 2.05) is 6.07 Å². The number of anilines is 1. The minimum absolute atomic E-state index is 0.201. The van der Waals surface area contributed by atoms with Crippen LogP contribution in [0.3, 0.4) is 0 Å². The van der Waals surface area contributed by atoms with Gasteiger partial charge in [-0.05, 0) is 48.6 Å². The van der Waals surface area contributed by atoms with Gasteiger partial charge in [0.1, 0.15) is 5.75 Å². The third-order valence-corrected chi connectivity index (χ3v) is 3.34. The van der Waals surface area contributed by atoms with Crippen LogP contribution < -0.4 is 15.8 Å². The van der Waals surface area contributed by atoms with E-state index in [9.17, 15) is 0 Å². The van der Waals surface area contributed by atoms with Crippen molar-refractivity contribution in [2.75, 3.05) is 25.5 Å². The van der Waals surface area contributed by atoms with Gasteiger partial charge < -0.3 is 15.8 Å². The molecular formula is C15H26N2O. The SMILES string of the molecule is CCc1cc(NCCC(C)(C)CN)ccc1OC. The number of hydrogen-bond acceptors (Lipinski definition) is 3. The average molecular weight is 250 g/mol.